The van der Waals surface area contributed by atoms with Crippen LogP contribution in [0.5, 0.6) is 0 Å². The minimum absolute atomic E-state index is 0.0884. The van der Waals surface area contributed by atoms with Crippen LogP contribution in [0.25, 0.3) is 0 Å². The largest absolute Gasteiger partial charge is 0.204 e. The van der Waals surface area contributed by atoms with Gasteiger partial charge >= 0.3 is 0 Å². The molecule has 17 heavy (non-hydrogen) atoms. The van der Waals surface area contributed by atoms with Crippen LogP contribution in [0.4, 0.5) is 17.6 Å². The summed E-state index contributed by atoms with van der Waals surface area (Å²) in [6.45, 7) is 0. The molecule has 0 saturated carbocycles. The van der Waals surface area contributed by atoms with Crippen molar-refractivity contribution >= 4 is 11.8 Å². The molecule has 0 heterocycles. The minimum atomic E-state index is -1.07. The van der Waals surface area contributed by atoms with Crippen molar-refractivity contribution in [1.82, 2.24) is 0 Å². The molecule has 0 N–H and O–H groups in total. The highest BCUT2D eigenvalue weighted by Gasteiger charge is 2.13. The van der Waals surface area contributed by atoms with Gasteiger partial charge in [0, 0.05) is 0 Å². The van der Waals surface area contributed by atoms with E-state index in [1.54, 1.807) is 0 Å². The lowest BCUT2D eigenvalue weighted by atomic mass is 10.3. The van der Waals surface area contributed by atoms with Crippen molar-refractivity contribution in [3.63, 3.8) is 0 Å². The van der Waals surface area contributed by atoms with Gasteiger partial charge in [-0.2, -0.15) is 0 Å². The summed E-state index contributed by atoms with van der Waals surface area (Å²) in [6, 6.07) is 7.12. The highest BCUT2D eigenvalue weighted by molar-refractivity contribution is 7.99. The van der Waals surface area contributed by atoms with Gasteiger partial charge in [0.2, 0.25) is 0 Å². The van der Waals surface area contributed by atoms with Gasteiger partial charge < -0.3 is 0 Å². The molecule has 0 aromatic heterocycles. The minimum Gasteiger partial charge on any atom is -0.204 e. The van der Waals surface area contributed by atoms with Crippen molar-refractivity contribution in [3.8, 4) is 0 Å². The van der Waals surface area contributed by atoms with Gasteiger partial charge in [-0.25, -0.2) is 17.6 Å². The van der Waals surface area contributed by atoms with Crippen LogP contribution in [0, 0.1) is 23.3 Å². The fourth-order valence-electron chi connectivity index (χ4n) is 1.24. The average molecular weight is 258 g/mol. The number of hydrogen-bond acceptors (Lipinski definition) is 1. The standard InChI is InChI=1S/C12H6F4S/c13-7-3-1-5-9(11(7)15)17-10-6-2-4-8(14)12(10)16/h1-6H. The van der Waals surface area contributed by atoms with Gasteiger partial charge in [-0.3, -0.25) is 0 Å². The van der Waals surface area contributed by atoms with Crippen molar-refractivity contribution in [2.24, 2.45) is 0 Å². The van der Waals surface area contributed by atoms with Crippen molar-refractivity contribution in [3.05, 3.63) is 59.7 Å². The summed E-state index contributed by atoms with van der Waals surface area (Å²) in [5, 5.41) is 0. The van der Waals surface area contributed by atoms with Crippen LogP contribution in [0.2, 0.25) is 0 Å². The molecule has 0 saturated heterocycles. The molecule has 0 aliphatic heterocycles. The topological polar surface area (TPSA) is 0 Å². The summed E-state index contributed by atoms with van der Waals surface area (Å²) < 4.78 is 52.4. The highest BCUT2D eigenvalue weighted by atomic mass is 32.2. The Morgan fingerprint density at radius 3 is 1.47 bits per heavy atom. The van der Waals surface area contributed by atoms with Gasteiger partial charge in [-0.15, -0.1) is 0 Å². The normalized spacial score (nSPS) is 10.6. The predicted molar refractivity (Wildman–Crippen MR) is 56.8 cm³/mol. The first-order valence-corrected chi connectivity index (χ1v) is 5.47. The number of hydrogen-bond donors (Lipinski definition) is 0. The fraction of sp³-hybridized carbons (Fsp3) is 0. The zero-order chi connectivity index (χ0) is 12.4. The van der Waals surface area contributed by atoms with Crippen LogP contribution in [0.15, 0.2) is 46.2 Å². The Hall–Kier alpha value is -1.49. The molecule has 2 aromatic carbocycles. The predicted octanol–water partition coefficient (Wildman–Crippen LogP) is 4.39. The first-order chi connectivity index (χ1) is 8.09. The molecular formula is C12H6F4S. The second-order valence-electron chi connectivity index (χ2n) is 3.21. The summed E-state index contributed by atoms with van der Waals surface area (Å²) in [6.07, 6.45) is 0. The molecule has 2 rings (SSSR count). The summed E-state index contributed by atoms with van der Waals surface area (Å²) in [7, 11) is 0. The van der Waals surface area contributed by atoms with Crippen molar-refractivity contribution in [2.75, 3.05) is 0 Å². The highest BCUT2D eigenvalue weighted by Crippen LogP contribution is 2.32. The van der Waals surface area contributed by atoms with E-state index in [2.05, 4.69) is 0 Å². The first-order valence-electron chi connectivity index (χ1n) is 4.65. The number of rotatable bonds is 2. The van der Waals surface area contributed by atoms with E-state index in [0.717, 1.165) is 12.1 Å². The van der Waals surface area contributed by atoms with Gasteiger partial charge in [0.05, 0.1) is 9.79 Å². The average Bonchev–Trinajstić information content (AvgIpc) is 2.31. The molecule has 0 amide bonds. The number of halogens is 4. The molecule has 0 unspecified atom stereocenters. The SMILES string of the molecule is Fc1cccc(Sc2cccc(F)c2F)c1F. The Labute approximate surface area is 99.3 Å². The molecule has 0 aliphatic carbocycles. The van der Waals surface area contributed by atoms with E-state index in [4.69, 9.17) is 0 Å². The summed E-state index contributed by atoms with van der Waals surface area (Å²) in [5.41, 5.74) is 0. The quantitative estimate of drug-likeness (QED) is 0.720. The Bertz CT molecular complexity index is 505. The maximum Gasteiger partial charge on any atom is 0.172 e. The summed E-state index contributed by atoms with van der Waals surface area (Å²) in [4.78, 5) is -0.177. The van der Waals surface area contributed by atoms with Crippen molar-refractivity contribution in [2.45, 2.75) is 9.79 Å². The zero-order valence-electron chi connectivity index (χ0n) is 8.38. The molecule has 0 radical (unpaired) electrons. The summed E-state index contributed by atoms with van der Waals surface area (Å²) >= 11 is 0.639. The van der Waals surface area contributed by atoms with Crippen LogP contribution in [0.3, 0.4) is 0 Å². The van der Waals surface area contributed by atoms with Gasteiger partial charge in [-0.05, 0) is 24.3 Å². The second kappa shape index (κ2) is 4.79. The third kappa shape index (κ3) is 2.44. The Morgan fingerprint density at radius 1 is 0.647 bits per heavy atom. The zero-order valence-corrected chi connectivity index (χ0v) is 9.20. The van der Waals surface area contributed by atoms with Crippen LogP contribution in [-0.2, 0) is 0 Å². The molecule has 0 spiro atoms. The molecule has 2 aromatic rings. The second-order valence-corrected chi connectivity index (χ2v) is 4.29. The Balaban J connectivity index is 2.38. The molecule has 88 valence electrons. The fourth-order valence-corrected chi connectivity index (χ4v) is 2.15. The van der Waals surface area contributed by atoms with Gasteiger partial charge in [0.15, 0.2) is 23.3 Å². The molecule has 0 nitrogen and oxygen atoms in total. The maximum absolute atomic E-state index is 13.3. The molecule has 0 fully saturated rings. The van der Waals surface area contributed by atoms with E-state index in [9.17, 15) is 17.6 Å². The third-order valence-electron chi connectivity index (χ3n) is 2.05. The smallest absolute Gasteiger partial charge is 0.172 e. The van der Waals surface area contributed by atoms with Crippen molar-refractivity contribution in [1.29, 1.82) is 0 Å². The summed E-state index contributed by atoms with van der Waals surface area (Å²) in [5.74, 6) is -4.18. The van der Waals surface area contributed by atoms with E-state index in [1.165, 1.54) is 24.3 Å². The number of benzene rings is 2. The molecular weight excluding hydrogens is 252 g/mol. The molecule has 0 bridgehead atoms. The van der Waals surface area contributed by atoms with Crippen LogP contribution >= 0.6 is 11.8 Å². The first kappa shape index (κ1) is 12.0. The third-order valence-corrected chi connectivity index (χ3v) is 3.12. The van der Waals surface area contributed by atoms with E-state index >= 15 is 0 Å². The van der Waals surface area contributed by atoms with Crippen molar-refractivity contribution < 1.29 is 17.6 Å². The van der Waals surface area contributed by atoms with E-state index < -0.39 is 23.3 Å². The van der Waals surface area contributed by atoms with Gasteiger partial charge in [-0.1, -0.05) is 23.9 Å². The van der Waals surface area contributed by atoms with Crippen LogP contribution in [0.1, 0.15) is 0 Å². The molecule has 5 heteroatoms. The van der Waals surface area contributed by atoms with Crippen LogP contribution in [-0.4, -0.2) is 0 Å². The van der Waals surface area contributed by atoms with E-state index in [-0.39, 0.29) is 9.79 Å². The van der Waals surface area contributed by atoms with Gasteiger partial charge in [0.25, 0.3) is 0 Å². The van der Waals surface area contributed by atoms with E-state index in [0.29, 0.717) is 11.8 Å². The van der Waals surface area contributed by atoms with Crippen LogP contribution < -0.4 is 0 Å². The maximum atomic E-state index is 13.3. The van der Waals surface area contributed by atoms with Gasteiger partial charge in [0.1, 0.15) is 0 Å². The van der Waals surface area contributed by atoms with E-state index in [1.807, 2.05) is 0 Å². The monoisotopic (exact) mass is 258 g/mol. The Morgan fingerprint density at radius 2 is 1.06 bits per heavy atom. The lowest BCUT2D eigenvalue weighted by Gasteiger charge is -2.05. The Kier molecular flexibility index (Phi) is 3.38. The lowest BCUT2D eigenvalue weighted by molar-refractivity contribution is 0.487. The lowest BCUT2D eigenvalue weighted by Crippen LogP contribution is -1.90. The molecule has 0 atom stereocenters. The molecule has 0 aliphatic rings.